The summed E-state index contributed by atoms with van der Waals surface area (Å²) in [5, 5.41) is 6.76. The van der Waals surface area contributed by atoms with Gasteiger partial charge < -0.3 is 24.5 Å². The molecule has 4 rings (SSSR count). The van der Waals surface area contributed by atoms with E-state index in [4.69, 9.17) is 19.5 Å². The summed E-state index contributed by atoms with van der Waals surface area (Å²) < 4.78 is 13.7. The van der Waals surface area contributed by atoms with Crippen LogP contribution in [0.3, 0.4) is 0 Å². The van der Waals surface area contributed by atoms with Crippen molar-refractivity contribution in [3.8, 4) is 5.75 Å². The standard InChI is InChI=1S/C25H33N5O2.HI/c1-4-26-25(27-11-9-21-16-30-12-5-6-19(3)24(30)29-21)28-15-20-8-7-18(2)14-23(20)32-22-10-13-31-17-22;/h5-8,12,14,16,22H,4,9-11,13,15,17H2,1-3H3,(H2,26,27,28);1H. The van der Waals surface area contributed by atoms with Crippen LogP contribution in [0.25, 0.3) is 5.65 Å². The quantitative estimate of drug-likeness (QED) is 0.246. The predicted molar refractivity (Wildman–Crippen MR) is 143 cm³/mol. The Hall–Kier alpha value is -2.33. The summed E-state index contributed by atoms with van der Waals surface area (Å²) in [6.07, 6.45) is 6.02. The van der Waals surface area contributed by atoms with Gasteiger partial charge in [-0.05, 0) is 44.0 Å². The van der Waals surface area contributed by atoms with Crippen molar-refractivity contribution in [2.75, 3.05) is 26.3 Å². The number of rotatable bonds is 8. The van der Waals surface area contributed by atoms with Gasteiger partial charge >= 0.3 is 0 Å². The van der Waals surface area contributed by atoms with E-state index in [1.165, 1.54) is 11.1 Å². The van der Waals surface area contributed by atoms with Crippen LogP contribution in [0.1, 0.15) is 35.7 Å². The maximum Gasteiger partial charge on any atom is 0.191 e. The zero-order valence-electron chi connectivity index (χ0n) is 19.6. The molecular formula is C25H34IN5O2. The second-order valence-corrected chi connectivity index (χ2v) is 8.24. The fraction of sp³-hybridized carbons (Fsp3) is 0.440. The van der Waals surface area contributed by atoms with E-state index < -0.39 is 0 Å². The summed E-state index contributed by atoms with van der Waals surface area (Å²) in [7, 11) is 0. The van der Waals surface area contributed by atoms with Crippen LogP contribution in [0, 0.1) is 13.8 Å². The Morgan fingerprint density at radius 2 is 2.15 bits per heavy atom. The maximum absolute atomic E-state index is 6.21. The summed E-state index contributed by atoms with van der Waals surface area (Å²) >= 11 is 0. The Kier molecular flexibility index (Phi) is 9.37. The molecule has 178 valence electrons. The maximum atomic E-state index is 6.21. The molecule has 3 heterocycles. The summed E-state index contributed by atoms with van der Waals surface area (Å²) in [6.45, 7) is 9.77. The second-order valence-electron chi connectivity index (χ2n) is 8.24. The normalized spacial score (nSPS) is 16.0. The van der Waals surface area contributed by atoms with Crippen LogP contribution in [0.4, 0.5) is 0 Å². The van der Waals surface area contributed by atoms with Crippen molar-refractivity contribution in [1.29, 1.82) is 0 Å². The Morgan fingerprint density at radius 1 is 1.27 bits per heavy atom. The SMILES string of the molecule is CCNC(=NCc1ccc(C)cc1OC1CCOC1)NCCc1cn2cccc(C)c2n1.I. The number of aliphatic imine (C=N–C) groups is 1. The number of hydrogen-bond donors (Lipinski definition) is 2. The zero-order chi connectivity index (χ0) is 22.3. The lowest BCUT2D eigenvalue weighted by atomic mass is 10.1. The van der Waals surface area contributed by atoms with Gasteiger partial charge in [0.15, 0.2) is 5.96 Å². The third-order valence-electron chi connectivity index (χ3n) is 5.56. The topological polar surface area (TPSA) is 72.2 Å². The average molecular weight is 563 g/mol. The van der Waals surface area contributed by atoms with E-state index in [2.05, 4.69) is 66.3 Å². The molecule has 0 bridgehead atoms. The molecule has 0 amide bonds. The lowest BCUT2D eigenvalue weighted by molar-refractivity contribution is 0.140. The van der Waals surface area contributed by atoms with Gasteiger partial charge in [0.1, 0.15) is 17.5 Å². The molecule has 0 aliphatic carbocycles. The first kappa shape index (κ1) is 25.3. The molecule has 8 heteroatoms. The molecule has 33 heavy (non-hydrogen) atoms. The van der Waals surface area contributed by atoms with E-state index in [1.807, 2.05) is 12.3 Å². The van der Waals surface area contributed by atoms with Gasteiger partial charge in [0.05, 0.1) is 25.5 Å². The Morgan fingerprint density at radius 3 is 2.91 bits per heavy atom. The number of benzene rings is 1. The van der Waals surface area contributed by atoms with Crippen molar-refractivity contribution in [1.82, 2.24) is 20.0 Å². The van der Waals surface area contributed by atoms with E-state index >= 15 is 0 Å². The molecule has 1 fully saturated rings. The lowest BCUT2D eigenvalue weighted by Crippen LogP contribution is -2.38. The number of aromatic nitrogens is 2. The fourth-order valence-corrected chi connectivity index (χ4v) is 3.83. The van der Waals surface area contributed by atoms with Gasteiger partial charge in [0.25, 0.3) is 0 Å². The van der Waals surface area contributed by atoms with E-state index in [-0.39, 0.29) is 30.1 Å². The third kappa shape index (κ3) is 6.83. The molecule has 1 unspecified atom stereocenters. The van der Waals surface area contributed by atoms with Crippen LogP contribution < -0.4 is 15.4 Å². The molecule has 1 atom stereocenters. The van der Waals surface area contributed by atoms with Gasteiger partial charge in [-0.15, -0.1) is 24.0 Å². The number of nitrogens with one attached hydrogen (secondary N) is 2. The van der Waals surface area contributed by atoms with Crippen LogP contribution >= 0.6 is 24.0 Å². The minimum absolute atomic E-state index is 0. The Balaban J connectivity index is 0.00000306. The predicted octanol–water partition coefficient (Wildman–Crippen LogP) is 4.03. The van der Waals surface area contributed by atoms with Crippen LogP contribution in [-0.4, -0.2) is 47.8 Å². The van der Waals surface area contributed by atoms with Crippen molar-refractivity contribution < 1.29 is 9.47 Å². The molecule has 0 spiro atoms. The van der Waals surface area contributed by atoms with Crippen LogP contribution in [0.15, 0.2) is 47.7 Å². The highest BCUT2D eigenvalue weighted by atomic mass is 127. The van der Waals surface area contributed by atoms with Crippen LogP contribution in [0.5, 0.6) is 5.75 Å². The molecule has 0 saturated carbocycles. The van der Waals surface area contributed by atoms with Gasteiger partial charge in [-0.1, -0.05) is 18.2 Å². The number of hydrogen-bond acceptors (Lipinski definition) is 4. The first-order valence-electron chi connectivity index (χ1n) is 11.4. The van der Waals surface area contributed by atoms with Gasteiger partial charge in [0, 0.05) is 43.9 Å². The van der Waals surface area contributed by atoms with Gasteiger partial charge in [0.2, 0.25) is 0 Å². The number of pyridine rings is 1. The summed E-state index contributed by atoms with van der Waals surface area (Å²) in [6, 6.07) is 10.4. The molecule has 7 nitrogen and oxygen atoms in total. The minimum Gasteiger partial charge on any atom is -0.488 e. The molecule has 2 aromatic heterocycles. The van der Waals surface area contributed by atoms with Crippen molar-refractivity contribution in [2.24, 2.45) is 4.99 Å². The first-order valence-corrected chi connectivity index (χ1v) is 11.4. The second kappa shape index (κ2) is 12.2. The van der Waals surface area contributed by atoms with Gasteiger partial charge in [-0.2, -0.15) is 0 Å². The third-order valence-corrected chi connectivity index (χ3v) is 5.56. The van der Waals surface area contributed by atoms with E-state index in [0.717, 1.165) is 61.2 Å². The Bertz CT molecular complexity index is 1080. The number of imidazole rings is 1. The molecule has 1 aliphatic heterocycles. The number of aryl methyl sites for hydroxylation is 2. The lowest BCUT2D eigenvalue weighted by Gasteiger charge is -2.16. The monoisotopic (exact) mass is 563 g/mol. The van der Waals surface area contributed by atoms with Gasteiger partial charge in [-0.3, -0.25) is 0 Å². The highest BCUT2D eigenvalue weighted by Crippen LogP contribution is 2.24. The van der Waals surface area contributed by atoms with Crippen molar-refractivity contribution in [2.45, 2.75) is 46.3 Å². The number of halogens is 1. The summed E-state index contributed by atoms with van der Waals surface area (Å²) in [5.74, 6) is 1.70. The van der Waals surface area contributed by atoms with Gasteiger partial charge in [-0.25, -0.2) is 9.98 Å². The van der Waals surface area contributed by atoms with Crippen molar-refractivity contribution in [3.63, 3.8) is 0 Å². The van der Waals surface area contributed by atoms with E-state index in [9.17, 15) is 0 Å². The molecule has 1 aromatic carbocycles. The highest BCUT2D eigenvalue weighted by molar-refractivity contribution is 14.0. The fourth-order valence-electron chi connectivity index (χ4n) is 3.83. The molecule has 2 N–H and O–H groups in total. The van der Waals surface area contributed by atoms with Crippen LogP contribution in [0.2, 0.25) is 0 Å². The number of guanidine groups is 1. The molecule has 3 aromatic rings. The van der Waals surface area contributed by atoms with Crippen molar-refractivity contribution in [3.05, 3.63) is 65.1 Å². The van der Waals surface area contributed by atoms with E-state index in [1.54, 1.807) is 0 Å². The minimum atomic E-state index is 0. The molecular weight excluding hydrogens is 529 g/mol. The molecule has 1 saturated heterocycles. The molecule has 1 aliphatic rings. The number of fused-ring (bicyclic) bond motifs is 1. The van der Waals surface area contributed by atoms with Crippen molar-refractivity contribution >= 4 is 35.6 Å². The zero-order valence-corrected chi connectivity index (χ0v) is 22.0. The van der Waals surface area contributed by atoms with E-state index in [0.29, 0.717) is 13.2 Å². The number of nitrogens with zero attached hydrogens (tertiary/aromatic N) is 3. The Labute approximate surface area is 213 Å². The highest BCUT2D eigenvalue weighted by Gasteiger charge is 2.18. The first-order chi connectivity index (χ1) is 15.6. The average Bonchev–Trinajstić information content (AvgIpc) is 3.43. The largest absolute Gasteiger partial charge is 0.488 e. The molecule has 0 radical (unpaired) electrons. The number of ether oxygens (including phenoxy) is 2. The van der Waals surface area contributed by atoms with Crippen LogP contribution in [-0.2, 0) is 17.7 Å². The smallest absolute Gasteiger partial charge is 0.191 e. The summed E-state index contributed by atoms with van der Waals surface area (Å²) in [5.41, 5.74) is 5.52. The summed E-state index contributed by atoms with van der Waals surface area (Å²) in [4.78, 5) is 9.55.